The summed E-state index contributed by atoms with van der Waals surface area (Å²) in [6.07, 6.45) is 5.01. The second kappa shape index (κ2) is 10.7. The Bertz CT molecular complexity index is 987. The average molecular weight is 453 g/mol. The fourth-order valence-electron chi connectivity index (χ4n) is 4.31. The minimum Gasteiger partial charge on any atom is -0.452 e. The van der Waals surface area contributed by atoms with Crippen LogP contribution in [0.5, 0.6) is 0 Å². The molecule has 168 valence electrons. The van der Waals surface area contributed by atoms with Gasteiger partial charge in [-0.25, -0.2) is 4.79 Å². The molecule has 1 heterocycles. The van der Waals surface area contributed by atoms with Crippen LogP contribution in [0.4, 0.5) is 0 Å². The highest BCUT2D eigenvalue weighted by Gasteiger charge is 2.23. The van der Waals surface area contributed by atoms with Crippen molar-refractivity contribution in [3.63, 3.8) is 0 Å². The van der Waals surface area contributed by atoms with Crippen molar-refractivity contribution in [3.8, 4) is 0 Å². The van der Waals surface area contributed by atoms with E-state index in [0.717, 1.165) is 50.8 Å². The molecule has 1 unspecified atom stereocenters. The van der Waals surface area contributed by atoms with Crippen LogP contribution >= 0.6 is 11.8 Å². The molecule has 7 heteroatoms. The molecule has 32 heavy (non-hydrogen) atoms. The lowest BCUT2D eigenvalue weighted by Crippen LogP contribution is -2.34. The Morgan fingerprint density at radius 3 is 2.59 bits per heavy atom. The standard InChI is InChI=1S/C25H28N2O4S/c28-23(26-21-12-7-9-18-8-1-2-10-19(18)21)16-31-25(30)20-11-3-4-13-22(20)32-17-24(29)27-14-5-6-15-27/h1-4,8,10-11,13,21H,5-7,9,12,14-17H2,(H,26,28). The first-order valence-corrected chi connectivity index (χ1v) is 12.1. The van der Waals surface area contributed by atoms with Crippen molar-refractivity contribution in [2.75, 3.05) is 25.4 Å². The number of esters is 1. The first-order chi connectivity index (χ1) is 15.6. The number of ether oxygens (including phenoxy) is 1. The normalized spacial score (nSPS) is 17.5. The number of rotatable bonds is 7. The number of carbonyl (C=O) groups excluding carboxylic acids is 3. The maximum absolute atomic E-state index is 12.7. The Balaban J connectivity index is 1.30. The molecule has 1 aliphatic carbocycles. The SMILES string of the molecule is O=C(COC(=O)c1ccccc1SCC(=O)N1CCCC1)NC1CCCc2ccccc21. The van der Waals surface area contributed by atoms with Crippen LogP contribution in [0.1, 0.15) is 53.2 Å². The topological polar surface area (TPSA) is 75.7 Å². The summed E-state index contributed by atoms with van der Waals surface area (Å²) in [4.78, 5) is 40.0. The number of benzene rings is 2. The van der Waals surface area contributed by atoms with Gasteiger partial charge in [0, 0.05) is 18.0 Å². The molecule has 0 saturated carbocycles. The van der Waals surface area contributed by atoms with Crippen LogP contribution in [0.3, 0.4) is 0 Å². The molecule has 2 aromatic carbocycles. The summed E-state index contributed by atoms with van der Waals surface area (Å²) in [7, 11) is 0. The lowest BCUT2D eigenvalue weighted by atomic mass is 9.88. The van der Waals surface area contributed by atoms with E-state index in [1.54, 1.807) is 18.2 Å². The summed E-state index contributed by atoms with van der Waals surface area (Å²) in [5.41, 5.74) is 2.78. The molecule has 1 aliphatic heterocycles. The highest BCUT2D eigenvalue weighted by molar-refractivity contribution is 8.00. The molecule has 2 aromatic rings. The van der Waals surface area contributed by atoms with E-state index < -0.39 is 5.97 Å². The van der Waals surface area contributed by atoms with Gasteiger partial charge in [0.05, 0.1) is 17.4 Å². The molecular formula is C25H28N2O4S. The molecule has 0 bridgehead atoms. The Morgan fingerprint density at radius 1 is 1.00 bits per heavy atom. The van der Waals surface area contributed by atoms with Gasteiger partial charge in [0.15, 0.2) is 6.61 Å². The summed E-state index contributed by atoms with van der Waals surface area (Å²) in [5, 5.41) is 3.00. The van der Waals surface area contributed by atoms with Crippen LogP contribution in [0, 0.1) is 0 Å². The highest BCUT2D eigenvalue weighted by atomic mass is 32.2. The molecule has 1 saturated heterocycles. The minimum absolute atomic E-state index is 0.0504. The number of fused-ring (bicyclic) bond motifs is 1. The Labute approximate surface area is 192 Å². The second-order valence-electron chi connectivity index (χ2n) is 8.16. The third kappa shape index (κ3) is 5.51. The van der Waals surface area contributed by atoms with E-state index in [0.29, 0.717) is 10.5 Å². The number of nitrogens with one attached hydrogen (secondary N) is 1. The summed E-state index contributed by atoms with van der Waals surface area (Å²) >= 11 is 1.33. The smallest absolute Gasteiger partial charge is 0.339 e. The maximum atomic E-state index is 12.7. The zero-order valence-electron chi connectivity index (χ0n) is 18.0. The van der Waals surface area contributed by atoms with Crippen LogP contribution in [0.15, 0.2) is 53.4 Å². The van der Waals surface area contributed by atoms with Crippen molar-refractivity contribution in [2.45, 2.75) is 43.0 Å². The van der Waals surface area contributed by atoms with E-state index in [2.05, 4.69) is 11.4 Å². The third-order valence-electron chi connectivity index (χ3n) is 5.96. The fraction of sp³-hybridized carbons (Fsp3) is 0.400. The molecule has 0 aromatic heterocycles. The van der Waals surface area contributed by atoms with Gasteiger partial charge in [-0.2, -0.15) is 0 Å². The van der Waals surface area contributed by atoms with Crippen molar-refractivity contribution in [2.24, 2.45) is 0 Å². The fourth-order valence-corrected chi connectivity index (χ4v) is 5.25. The van der Waals surface area contributed by atoms with Gasteiger partial charge in [-0.15, -0.1) is 11.8 Å². The van der Waals surface area contributed by atoms with Gasteiger partial charge >= 0.3 is 5.97 Å². The first-order valence-electron chi connectivity index (χ1n) is 11.2. The van der Waals surface area contributed by atoms with Crippen LogP contribution < -0.4 is 5.32 Å². The number of thioether (sulfide) groups is 1. The van der Waals surface area contributed by atoms with Crippen molar-refractivity contribution in [1.29, 1.82) is 0 Å². The Hall–Kier alpha value is -2.80. The summed E-state index contributed by atoms with van der Waals surface area (Å²) in [6, 6.07) is 15.1. The molecule has 1 fully saturated rings. The van der Waals surface area contributed by atoms with E-state index in [9.17, 15) is 14.4 Å². The molecule has 6 nitrogen and oxygen atoms in total. The van der Waals surface area contributed by atoms with E-state index >= 15 is 0 Å². The van der Waals surface area contributed by atoms with Gasteiger partial charge in [0.25, 0.3) is 5.91 Å². The van der Waals surface area contributed by atoms with Crippen molar-refractivity contribution in [3.05, 3.63) is 65.2 Å². The third-order valence-corrected chi connectivity index (χ3v) is 7.01. The largest absolute Gasteiger partial charge is 0.452 e. The molecule has 0 spiro atoms. The highest BCUT2D eigenvalue weighted by Crippen LogP contribution is 2.29. The van der Waals surface area contributed by atoms with Gasteiger partial charge in [0.1, 0.15) is 0 Å². The Kier molecular flexibility index (Phi) is 7.47. The first kappa shape index (κ1) is 22.4. The number of hydrogen-bond donors (Lipinski definition) is 1. The van der Waals surface area contributed by atoms with Crippen molar-refractivity contribution in [1.82, 2.24) is 10.2 Å². The summed E-state index contributed by atoms with van der Waals surface area (Å²) < 4.78 is 5.31. The Morgan fingerprint density at radius 2 is 1.75 bits per heavy atom. The predicted molar refractivity (Wildman–Crippen MR) is 124 cm³/mol. The molecule has 4 rings (SSSR count). The number of hydrogen-bond acceptors (Lipinski definition) is 5. The summed E-state index contributed by atoms with van der Waals surface area (Å²) in [6.45, 7) is 1.29. The van der Waals surface area contributed by atoms with Crippen LogP contribution in [0.2, 0.25) is 0 Å². The maximum Gasteiger partial charge on any atom is 0.339 e. The van der Waals surface area contributed by atoms with Gasteiger partial charge < -0.3 is 15.0 Å². The van der Waals surface area contributed by atoms with Crippen LogP contribution in [-0.4, -0.2) is 48.1 Å². The van der Waals surface area contributed by atoms with E-state index in [4.69, 9.17) is 4.74 Å². The number of amides is 2. The molecule has 0 radical (unpaired) electrons. The van der Waals surface area contributed by atoms with E-state index in [-0.39, 0.29) is 30.2 Å². The molecule has 1 N–H and O–H groups in total. The molecular weight excluding hydrogens is 424 g/mol. The van der Waals surface area contributed by atoms with Crippen molar-refractivity contribution < 1.29 is 19.1 Å². The monoisotopic (exact) mass is 452 g/mol. The van der Waals surface area contributed by atoms with Crippen molar-refractivity contribution >= 4 is 29.5 Å². The van der Waals surface area contributed by atoms with E-state index in [1.807, 2.05) is 29.2 Å². The van der Waals surface area contributed by atoms with Gasteiger partial charge in [-0.05, 0) is 55.4 Å². The lowest BCUT2D eigenvalue weighted by molar-refractivity contribution is -0.127. The molecule has 2 amide bonds. The second-order valence-corrected chi connectivity index (χ2v) is 9.18. The predicted octanol–water partition coefficient (Wildman–Crippen LogP) is 3.75. The average Bonchev–Trinajstić information content (AvgIpc) is 3.37. The zero-order valence-corrected chi connectivity index (χ0v) is 18.9. The van der Waals surface area contributed by atoms with E-state index in [1.165, 1.54) is 17.3 Å². The van der Waals surface area contributed by atoms with Gasteiger partial charge in [-0.1, -0.05) is 36.4 Å². The van der Waals surface area contributed by atoms with Gasteiger partial charge in [0.2, 0.25) is 5.91 Å². The number of aryl methyl sites for hydroxylation is 1. The number of carbonyl (C=O) groups is 3. The molecule has 1 atom stereocenters. The van der Waals surface area contributed by atoms with Crippen LogP contribution in [-0.2, 0) is 20.7 Å². The quantitative estimate of drug-likeness (QED) is 0.512. The number of likely N-dealkylation sites (tertiary alicyclic amines) is 1. The zero-order chi connectivity index (χ0) is 22.3. The molecule has 2 aliphatic rings. The summed E-state index contributed by atoms with van der Waals surface area (Å²) in [5.74, 6) is -0.496. The van der Waals surface area contributed by atoms with Crippen LogP contribution in [0.25, 0.3) is 0 Å². The van der Waals surface area contributed by atoms with Gasteiger partial charge in [-0.3, -0.25) is 9.59 Å². The minimum atomic E-state index is -0.555. The lowest BCUT2D eigenvalue weighted by Gasteiger charge is -2.26. The number of nitrogens with zero attached hydrogens (tertiary/aromatic N) is 1.